The second kappa shape index (κ2) is 15.4. The zero-order chi connectivity index (χ0) is 38.1. The molecule has 0 bridgehead atoms. The summed E-state index contributed by atoms with van der Waals surface area (Å²) in [5, 5.41) is 107. The summed E-state index contributed by atoms with van der Waals surface area (Å²) in [4.78, 5) is 0. The van der Waals surface area contributed by atoms with E-state index in [0.29, 0.717) is 32.1 Å². The van der Waals surface area contributed by atoms with Gasteiger partial charge in [-0.1, -0.05) is 34.6 Å². The van der Waals surface area contributed by atoms with Crippen molar-refractivity contribution in [1.29, 1.82) is 0 Å². The van der Waals surface area contributed by atoms with Crippen LogP contribution in [0.3, 0.4) is 0 Å². The van der Waals surface area contributed by atoms with E-state index in [1.54, 1.807) is 0 Å². The lowest BCUT2D eigenvalue weighted by molar-refractivity contribution is -0.314. The lowest BCUT2D eigenvalue weighted by Gasteiger charge is -2.66. The van der Waals surface area contributed by atoms with E-state index in [0.717, 1.165) is 19.3 Å². The van der Waals surface area contributed by atoms with Crippen LogP contribution in [-0.2, 0) is 18.9 Å². The van der Waals surface area contributed by atoms with Crippen LogP contribution in [0.15, 0.2) is 0 Å². The van der Waals surface area contributed by atoms with Crippen molar-refractivity contribution < 1.29 is 70.0 Å². The summed E-state index contributed by atoms with van der Waals surface area (Å²) in [7, 11) is 0. The van der Waals surface area contributed by atoms with Gasteiger partial charge in [-0.2, -0.15) is 0 Å². The summed E-state index contributed by atoms with van der Waals surface area (Å²) >= 11 is 0. The highest BCUT2D eigenvalue weighted by Crippen LogP contribution is 2.70. The summed E-state index contributed by atoms with van der Waals surface area (Å²) in [6, 6.07) is 0. The maximum absolute atomic E-state index is 12.8. The Morgan fingerprint density at radius 3 is 2.10 bits per heavy atom. The fourth-order valence-electron chi connectivity index (χ4n) is 12.1. The molecule has 21 atom stereocenters. The third-order valence-electron chi connectivity index (χ3n) is 15.0. The number of aliphatic hydroxyl groups excluding tert-OH is 9. The second-order valence-corrected chi connectivity index (χ2v) is 18.3. The molecule has 0 radical (unpaired) electrons. The number of hydrogen-bond acceptors (Lipinski definition) is 14. The van der Waals surface area contributed by atoms with Gasteiger partial charge in [0, 0.05) is 12.3 Å². The maximum atomic E-state index is 12.8. The molecule has 2 saturated heterocycles. The lowest BCUT2D eigenvalue weighted by atomic mass is 9.42. The summed E-state index contributed by atoms with van der Waals surface area (Å²) in [6.45, 7) is 9.84. The molecular weight excluding hydrogens is 680 g/mol. The van der Waals surface area contributed by atoms with E-state index < -0.39 is 91.1 Å². The number of fused-ring (bicyclic) bond motifs is 5. The molecule has 0 spiro atoms. The van der Waals surface area contributed by atoms with E-state index in [1.165, 1.54) is 0 Å². The van der Waals surface area contributed by atoms with Gasteiger partial charge >= 0.3 is 0 Å². The number of ether oxygens (including phenoxy) is 4. The quantitative estimate of drug-likeness (QED) is 0.130. The van der Waals surface area contributed by atoms with Gasteiger partial charge in [0.1, 0.15) is 42.7 Å². The Morgan fingerprint density at radius 1 is 0.750 bits per heavy atom. The van der Waals surface area contributed by atoms with E-state index >= 15 is 0 Å². The van der Waals surface area contributed by atoms with Crippen LogP contribution in [-0.4, -0.2) is 150 Å². The van der Waals surface area contributed by atoms with Gasteiger partial charge in [-0.25, -0.2) is 0 Å². The van der Waals surface area contributed by atoms with Crippen molar-refractivity contribution in [3.05, 3.63) is 0 Å². The van der Waals surface area contributed by atoms with Crippen molar-refractivity contribution in [3.8, 4) is 0 Å². The van der Waals surface area contributed by atoms with Gasteiger partial charge in [0.05, 0.1) is 43.2 Å². The Labute approximate surface area is 307 Å². The first kappa shape index (κ1) is 41.1. The molecule has 4 aliphatic carbocycles. The van der Waals surface area contributed by atoms with Crippen LogP contribution in [0.5, 0.6) is 0 Å². The maximum Gasteiger partial charge on any atom is 0.186 e. The zero-order valence-corrected chi connectivity index (χ0v) is 31.4. The van der Waals surface area contributed by atoms with Crippen molar-refractivity contribution >= 4 is 0 Å². The number of hydrogen-bond donors (Lipinski definition) is 10. The van der Waals surface area contributed by atoms with Crippen LogP contribution in [0, 0.1) is 46.3 Å². The third kappa shape index (κ3) is 7.03. The summed E-state index contributed by atoms with van der Waals surface area (Å²) in [6.07, 6.45) is -8.61. The predicted octanol–water partition coefficient (Wildman–Crippen LogP) is -0.217. The number of aliphatic hydroxyl groups is 10. The SMILES string of the molecule is CC(C)C(CCC(C)C1CC(O)C2C3(O)C[C@H](O)C4CC(OC5OCC(O)C(O)C5O)CC[C@]4(C)C3CC[C@]12C)OC1OC(CO)C(O)C(O)C1O. The van der Waals surface area contributed by atoms with Crippen LogP contribution in [0.4, 0.5) is 0 Å². The molecule has 2 aliphatic heterocycles. The average Bonchev–Trinajstić information content (AvgIpc) is 3.37. The first-order chi connectivity index (χ1) is 24.4. The largest absolute Gasteiger partial charge is 0.394 e. The molecule has 18 unspecified atom stereocenters. The summed E-state index contributed by atoms with van der Waals surface area (Å²) in [5.41, 5.74) is -2.06. The van der Waals surface area contributed by atoms with Crippen molar-refractivity contribution in [1.82, 2.24) is 0 Å². The molecule has 6 aliphatic rings. The van der Waals surface area contributed by atoms with E-state index in [-0.39, 0.29) is 60.2 Å². The fraction of sp³-hybridized carbons (Fsp3) is 1.00. The average molecular weight is 747 g/mol. The molecule has 6 rings (SSSR count). The topological polar surface area (TPSA) is 239 Å². The minimum atomic E-state index is -1.52. The molecular formula is C38H66O14. The van der Waals surface area contributed by atoms with Crippen LogP contribution < -0.4 is 0 Å². The normalized spacial score (nSPS) is 53.5. The van der Waals surface area contributed by atoms with Crippen molar-refractivity contribution in [2.24, 2.45) is 46.3 Å². The summed E-state index contributed by atoms with van der Waals surface area (Å²) in [5.74, 6) is -0.460. The van der Waals surface area contributed by atoms with E-state index in [2.05, 4.69) is 20.8 Å². The Bertz CT molecular complexity index is 1210. The van der Waals surface area contributed by atoms with E-state index in [1.807, 2.05) is 13.8 Å². The monoisotopic (exact) mass is 746 g/mol. The first-order valence-electron chi connectivity index (χ1n) is 19.7. The van der Waals surface area contributed by atoms with Crippen molar-refractivity contribution in [2.45, 2.75) is 178 Å². The van der Waals surface area contributed by atoms with Crippen LogP contribution in [0.25, 0.3) is 0 Å². The molecule has 14 nitrogen and oxygen atoms in total. The van der Waals surface area contributed by atoms with Gasteiger partial charge in [-0.05, 0) is 91.8 Å². The fourth-order valence-corrected chi connectivity index (χ4v) is 12.1. The molecule has 14 heteroatoms. The smallest absolute Gasteiger partial charge is 0.186 e. The van der Waals surface area contributed by atoms with Gasteiger partial charge < -0.3 is 70.0 Å². The molecule has 4 saturated carbocycles. The molecule has 0 aromatic heterocycles. The Kier molecular flexibility index (Phi) is 12.2. The highest BCUT2D eigenvalue weighted by Gasteiger charge is 2.71. The molecule has 0 aromatic carbocycles. The van der Waals surface area contributed by atoms with Gasteiger partial charge in [0.2, 0.25) is 0 Å². The molecule has 2 heterocycles. The van der Waals surface area contributed by atoms with E-state index in [4.69, 9.17) is 18.9 Å². The zero-order valence-electron chi connectivity index (χ0n) is 31.4. The molecule has 0 amide bonds. The minimum Gasteiger partial charge on any atom is -0.394 e. The Hall–Kier alpha value is -0.560. The standard InChI is InChI=1S/C38H66O14/c1-17(2)25(51-35-32(47)30(45)29(44)26(15-39)52-35)7-6-18(3)20-13-22(40)33-37(20,5)11-9-27-36(4)10-8-19(12-21(36)23(41)14-38(27,33)48)50-34-31(46)28(43)24(42)16-49-34/h17-35,39-48H,6-16H2,1-5H3/t18?,19?,20?,21?,22?,23-,24?,25?,26?,27?,28?,29?,30?,31?,32?,33?,34?,35?,36-,37+,38?/m0/s1. The van der Waals surface area contributed by atoms with Crippen molar-refractivity contribution in [2.75, 3.05) is 13.2 Å². The Morgan fingerprint density at radius 2 is 1.42 bits per heavy atom. The highest BCUT2D eigenvalue weighted by molar-refractivity contribution is 5.20. The van der Waals surface area contributed by atoms with Gasteiger partial charge in [0.25, 0.3) is 0 Å². The van der Waals surface area contributed by atoms with Gasteiger partial charge in [-0.15, -0.1) is 0 Å². The predicted molar refractivity (Wildman–Crippen MR) is 184 cm³/mol. The van der Waals surface area contributed by atoms with Crippen molar-refractivity contribution in [3.63, 3.8) is 0 Å². The third-order valence-corrected chi connectivity index (χ3v) is 15.0. The highest BCUT2D eigenvalue weighted by atomic mass is 16.7. The second-order valence-electron chi connectivity index (χ2n) is 18.3. The van der Waals surface area contributed by atoms with Gasteiger partial charge in [-0.3, -0.25) is 0 Å². The molecule has 6 fully saturated rings. The first-order valence-corrected chi connectivity index (χ1v) is 19.7. The Balaban J connectivity index is 1.12. The van der Waals surface area contributed by atoms with Crippen LogP contribution >= 0.6 is 0 Å². The minimum absolute atomic E-state index is 0.0332. The molecule has 0 aromatic rings. The summed E-state index contributed by atoms with van der Waals surface area (Å²) < 4.78 is 23.4. The molecule has 302 valence electrons. The molecule has 10 N–H and O–H groups in total. The lowest BCUT2D eigenvalue weighted by Crippen LogP contribution is -2.68. The van der Waals surface area contributed by atoms with E-state index in [9.17, 15) is 51.1 Å². The van der Waals surface area contributed by atoms with Crippen LogP contribution in [0.2, 0.25) is 0 Å². The van der Waals surface area contributed by atoms with Crippen LogP contribution in [0.1, 0.15) is 92.4 Å². The molecule has 52 heavy (non-hydrogen) atoms. The van der Waals surface area contributed by atoms with Gasteiger partial charge in [0.15, 0.2) is 12.6 Å². The number of rotatable bonds is 10.